The van der Waals surface area contributed by atoms with Crippen LogP contribution in [0, 0.1) is 6.92 Å². The summed E-state index contributed by atoms with van der Waals surface area (Å²) >= 11 is 9.17. The molecule has 0 aliphatic heterocycles. The van der Waals surface area contributed by atoms with Gasteiger partial charge in [0.2, 0.25) is 0 Å². The molecule has 0 bridgehead atoms. The molecule has 0 radical (unpaired) electrons. The highest BCUT2D eigenvalue weighted by Crippen LogP contribution is 2.23. The Morgan fingerprint density at radius 3 is 2.94 bits per heavy atom. The van der Waals surface area contributed by atoms with Crippen LogP contribution in [0.4, 0.5) is 5.69 Å². The quantitative estimate of drug-likeness (QED) is 0.860. The van der Waals surface area contributed by atoms with Gasteiger partial charge in [0.1, 0.15) is 5.69 Å². The Kier molecular flexibility index (Phi) is 3.93. The number of aromatic nitrogens is 2. The molecular weight excluding hydrogens is 318 g/mol. The first kappa shape index (κ1) is 13.0. The van der Waals surface area contributed by atoms with Crippen LogP contribution in [0.1, 0.15) is 16.1 Å². The van der Waals surface area contributed by atoms with E-state index in [1.807, 2.05) is 13.0 Å². The summed E-state index contributed by atoms with van der Waals surface area (Å²) < 4.78 is 0.736. The fourth-order valence-corrected chi connectivity index (χ4v) is 1.90. The Balaban J connectivity index is 2.27. The Morgan fingerprint density at radius 1 is 1.44 bits per heavy atom. The van der Waals surface area contributed by atoms with Crippen LogP contribution in [0.3, 0.4) is 0 Å². The molecule has 0 aliphatic carbocycles. The van der Waals surface area contributed by atoms with Gasteiger partial charge < -0.3 is 5.32 Å². The minimum Gasteiger partial charge on any atom is -0.318 e. The number of hydrogen-bond donors (Lipinski definition) is 1. The molecule has 1 amide bonds. The van der Waals surface area contributed by atoms with E-state index in [0.717, 1.165) is 10.0 Å². The molecule has 0 aliphatic rings. The second kappa shape index (κ2) is 5.46. The molecule has 2 rings (SSSR count). The molecule has 0 aromatic carbocycles. The number of nitrogens with zero attached hydrogens (tertiary/aromatic N) is 2. The van der Waals surface area contributed by atoms with Crippen molar-refractivity contribution >= 4 is 39.1 Å². The average Bonchev–Trinajstić information content (AvgIpc) is 2.34. The van der Waals surface area contributed by atoms with Crippen LogP contribution in [0.2, 0.25) is 5.15 Å². The van der Waals surface area contributed by atoms with Gasteiger partial charge in [0, 0.05) is 16.9 Å². The van der Waals surface area contributed by atoms with Gasteiger partial charge in [-0.25, -0.2) is 4.98 Å². The Labute approximate surface area is 118 Å². The van der Waals surface area contributed by atoms with Crippen molar-refractivity contribution in [1.29, 1.82) is 0 Å². The number of anilines is 1. The van der Waals surface area contributed by atoms with Crippen molar-refractivity contribution < 1.29 is 4.79 Å². The molecule has 6 heteroatoms. The topological polar surface area (TPSA) is 54.9 Å². The highest BCUT2D eigenvalue weighted by Gasteiger charge is 2.12. The summed E-state index contributed by atoms with van der Waals surface area (Å²) in [6.07, 6.45) is 3.13. The second-order valence-corrected chi connectivity index (χ2v) is 4.89. The maximum absolute atomic E-state index is 12.0. The Morgan fingerprint density at radius 2 is 2.22 bits per heavy atom. The zero-order valence-electron chi connectivity index (χ0n) is 9.45. The first-order valence-corrected chi connectivity index (χ1v) is 6.29. The number of aryl methyl sites for hydroxylation is 1. The summed E-state index contributed by atoms with van der Waals surface area (Å²) in [5.41, 5.74) is 1.61. The molecule has 4 nitrogen and oxygen atoms in total. The normalized spacial score (nSPS) is 10.2. The predicted molar refractivity (Wildman–Crippen MR) is 73.9 cm³/mol. The monoisotopic (exact) mass is 325 g/mol. The number of pyridine rings is 2. The van der Waals surface area contributed by atoms with Crippen molar-refractivity contribution in [3.05, 3.63) is 51.5 Å². The van der Waals surface area contributed by atoms with Gasteiger partial charge in [0.25, 0.3) is 5.91 Å². The number of rotatable bonds is 2. The van der Waals surface area contributed by atoms with Gasteiger partial charge in [-0.3, -0.25) is 9.78 Å². The molecule has 0 unspecified atom stereocenters. The van der Waals surface area contributed by atoms with Gasteiger partial charge in [-0.1, -0.05) is 17.7 Å². The van der Waals surface area contributed by atoms with E-state index < -0.39 is 0 Å². The number of hydrogen-bond acceptors (Lipinski definition) is 3. The summed E-state index contributed by atoms with van der Waals surface area (Å²) in [5.74, 6) is -0.310. The second-order valence-electron chi connectivity index (χ2n) is 3.61. The smallest absolute Gasteiger partial charge is 0.274 e. The van der Waals surface area contributed by atoms with E-state index in [2.05, 4.69) is 31.2 Å². The fraction of sp³-hybridized carbons (Fsp3) is 0.0833. The molecule has 0 atom stereocenters. The third-order valence-corrected chi connectivity index (χ3v) is 3.01. The molecule has 0 saturated heterocycles. The number of carbonyl (C=O) groups is 1. The van der Waals surface area contributed by atoms with Gasteiger partial charge in [-0.15, -0.1) is 0 Å². The largest absolute Gasteiger partial charge is 0.318 e. The third-order valence-electron chi connectivity index (χ3n) is 2.28. The summed E-state index contributed by atoms with van der Waals surface area (Å²) in [7, 11) is 0. The van der Waals surface area contributed by atoms with E-state index in [0.29, 0.717) is 11.4 Å². The lowest BCUT2D eigenvalue weighted by Crippen LogP contribution is -2.15. The van der Waals surface area contributed by atoms with Crippen LogP contribution in [-0.4, -0.2) is 15.9 Å². The van der Waals surface area contributed by atoms with Crippen molar-refractivity contribution in [3.8, 4) is 0 Å². The van der Waals surface area contributed by atoms with Gasteiger partial charge in [0.05, 0.1) is 5.69 Å². The fourth-order valence-electron chi connectivity index (χ4n) is 1.42. The molecule has 0 fully saturated rings. The van der Waals surface area contributed by atoms with Crippen LogP contribution in [0.5, 0.6) is 0 Å². The minimum absolute atomic E-state index is 0.236. The first-order chi connectivity index (χ1) is 8.58. The molecule has 1 N–H and O–H groups in total. The number of halogens is 2. The van der Waals surface area contributed by atoms with E-state index in [1.165, 1.54) is 0 Å². The predicted octanol–water partition coefficient (Wildman–Crippen LogP) is 3.45. The van der Waals surface area contributed by atoms with Gasteiger partial charge in [-0.05, 0) is 40.5 Å². The molecule has 0 saturated carbocycles. The van der Waals surface area contributed by atoms with Crippen LogP contribution < -0.4 is 5.32 Å². The molecule has 2 aromatic heterocycles. The van der Waals surface area contributed by atoms with Crippen LogP contribution >= 0.6 is 27.5 Å². The molecule has 18 heavy (non-hydrogen) atoms. The molecular formula is C12H9BrClN3O. The molecule has 0 spiro atoms. The molecule has 2 heterocycles. The van der Waals surface area contributed by atoms with Gasteiger partial charge in [-0.2, -0.15) is 0 Å². The van der Waals surface area contributed by atoms with Crippen LogP contribution in [-0.2, 0) is 0 Å². The summed E-state index contributed by atoms with van der Waals surface area (Å²) in [5, 5.41) is 2.92. The van der Waals surface area contributed by atoms with E-state index in [4.69, 9.17) is 11.6 Å². The molecule has 92 valence electrons. The van der Waals surface area contributed by atoms with Gasteiger partial charge in [0.15, 0.2) is 5.15 Å². The third kappa shape index (κ3) is 2.86. The van der Waals surface area contributed by atoms with Gasteiger partial charge >= 0.3 is 0 Å². The Hall–Kier alpha value is -1.46. The standard InChI is InChI=1S/C12H9BrClN3O/c1-7-3-2-4-15-10(7)12(18)17-9-5-8(13)6-16-11(9)14/h2-6H,1H3,(H,17,18). The summed E-state index contributed by atoms with van der Waals surface area (Å²) in [4.78, 5) is 20.0. The minimum atomic E-state index is -0.310. The lowest BCUT2D eigenvalue weighted by molar-refractivity contribution is 0.102. The summed E-state index contributed by atoms with van der Waals surface area (Å²) in [6.45, 7) is 1.82. The van der Waals surface area contributed by atoms with Crippen molar-refractivity contribution in [1.82, 2.24) is 9.97 Å². The SMILES string of the molecule is Cc1cccnc1C(=O)Nc1cc(Br)cnc1Cl. The highest BCUT2D eigenvalue weighted by atomic mass is 79.9. The highest BCUT2D eigenvalue weighted by molar-refractivity contribution is 9.10. The summed E-state index contributed by atoms with van der Waals surface area (Å²) in [6, 6.07) is 5.29. The average molecular weight is 327 g/mol. The van der Waals surface area contributed by atoms with Crippen molar-refractivity contribution in [2.24, 2.45) is 0 Å². The zero-order chi connectivity index (χ0) is 13.1. The lowest BCUT2D eigenvalue weighted by Gasteiger charge is -2.07. The van der Waals surface area contributed by atoms with E-state index in [1.54, 1.807) is 24.5 Å². The van der Waals surface area contributed by atoms with E-state index >= 15 is 0 Å². The van der Waals surface area contributed by atoms with Crippen LogP contribution in [0.15, 0.2) is 35.1 Å². The van der Waals surface area contributed by atoms with E-state index in [-0.39, 0.29) is 11.1 Å². The molecule has 2 aromatic rings. The van der Waals surface area contributed by atoms with Crippen molar-refractivity contribution in [2.45, 2.75) is 6.92 Å². The number of carbonyl (C=O) groups excluding carboxylic acids is 1. The maximum Gasteiger partial charge on any atom is 0.274 e. The number of nitrogens with one attached hydrogen (secondary N) is 1. The van der Waals surface area contributed by atoms with Crippen LogP contribution in [0.25, 0.3) is 0 Å². The lowest BCUT2D eigenvalue weighted by atomic mass is 10.2. The number of amides is 1. The van der Waals surface area contributed by atoms with Crippen molar-refractivity contribution in [3.63, 3.8) is 0 Å². The maximum atomic E-state index is 12.0. The Bertz CT molecular complexity index is 604. The zero-order valence-corrected chi connectivity index (χ0v) is 11.8. The van der Waals surface area contributed by atoms with E-state index in [9.17, 15) is 4.79 Å². The first-order valence-electron chi connectivity index (χ1n) is 5.12. The van der Waals surface area contributed by atoms with Crippen molar-refractivity contribution in [2.75, 3.05) is 5.32 Å².